The lowest BCUT2D eigenvalue weighted by atomic mass is 10.0. The van der Waals surface area contributed by atoms with Crippen molar-refractivity contribution in [3.63, 3.8) is 0 Å². The Kier molecular flexibility index (Phi) is 4.65. The zero-order chi connectivity index (χ0) is 19.6. The minimum atomic E-state index is -0.533. The van der Waals surface area contributed by atoms with Crippen LogP contribution in [0.4, 0.5) is 4.39 Å². The maximum atomic E-state index is 12.9. The Morgan fingerprint density at radius 3 is 2.50 bits per heavy atom. The van der Waals surface area contributed by atoms with Gasteiger partial charge >= 0.3 is 0 Å². The van der Waals surface area contributed by atoms with E-state index in [1.165, 1.54) is 30.5 Å². The summed E-state index contributed by atoms with van der Waals surface area (Å²) < 4.78 is 18.4. The van der Waals surface area contributed by atoms with E-state index in [0.717, 1.165) is 18.4 Å². The minimum absolute atomic E-state index is 0.00325. The number of amides is 1. The summed E-state index contributed by atoms with van der Waals surface area (Å²) in [5, 5.41) is 2.96. The molecule has 0 bridgehead atoms. The molecule has 0 saturated heterocycles. The molecule has 1 fully saturated rings. The van der Waals surface area contributed by atoms with Crippen molar-refractivity contribution in [2.24, 2.45) is 0 Å². The highest BCUT2D eigenvalue weighted by Crippen LogP contribution is 2.45. The summed E-state index contributed by atoms with van der Waals surface area (Å²) in [7, 11) is 0. The maximum Gasteiger partial charge on any atom is 0.263 e. The Morgan fingerprint density at radius 1 is 1.14 bits per heavy atom. The van der Waals surface area contributed by atoms with Crippen LogP contribution in [0.3, 0.4) is 0 Å². The molecule has 1 saturated carbocycles. The smallest absolute Gasteiger partial charge is 0.263 e. The van der Waals surface area contributed by atoms with Crippen LogP contribution in [0.5, 0.6) is 5.75 Å². The first-order chi connectivity index (χ1) is 13.6. The monoisotopic (exact) mass is 379 g/mol. The van der Waals surface area contributed by atoms with Crippen molar-refractivity contribution in [1.29, 1.82) is 0 Å². The maximum absolute atomic E-state index is 12.9. The Balaban J connectivity index is 1.43. The number of nitrogens with zero attached hydrogens (tertiary/aromatic N) is 1. The minimum Gasteiger partial charge on any atom is -0.486 e. The number of nitrogens with one attached hydrogen (secondary N) is 2. The molecule has 1 amide bonds. The number of ether oxygens (including phenoxy) is 1. The van der Waals surface area contributed by atoms with Gasteiger partial charge in [-0.25, -0.2) is 9.37 Å². The second-order valence-electron chi connectivity index (χ2n) is 6.72. The van der Waals surface area contributed by atoms with Gasteiger partial charge in [0.25, 0.3) is 11.5 Å². The topological polar surface area (TPSA) is 84.1 Å². The number of carbonyl (C=O) groups excluding carboxylic acids is 1. The molecule has 1 aromatic heterocycles. The lowest BCUT2D eigenvalue weighted by molar-refractivity contribution is 0.0928. The molecule has 142 valence electrons. The molecule has 2 N–H and O–H groups in total. The Morgan fingerprint density at radius 2 is 1.86 bits per heavy atom. The van der Waals surface area contributed by atoms with E-state index in [1.54, 1.807) is 0 Å². The lowest BCUT2D eigenvalue weighted by Gasteiger charge is -2.17. The molecular weight excluding hydrogens is 361 g/mol. The van der Waals surface area contributed by atoms with E-state index in [9.17, 15) is 14.0 Å². The summed E-state index contributed by atoms with van der Waals surface area (Å²) in [5.74, 6) is -0.0984. The number of aromatic amines is 1. The number of halogens is 1. The van der Waals surface area contributed by atoms with Crippen LogP contribution in [-0.4, -0.2) is 15.9 Å². The number of benzene rings is 2. The molecule has 3 aromatic rings. The van der Waals surface area contributed by atoms with Gasteiger partial charge in [-0.05, 0) is 42.7 Å². The standard InChI is InChI=1S/C21H18FN3O3/c22-15-6-8-16(9-7-15)28-13-18-23-12-17(19(26)24-18)20(27)25-21(10-11-21)14-4-2-1-3-5-14/h1-9,12H,10-11,13H2,(H,25,27)(H,23,24,26). The molecule has 0 atom stereocenters. The molecule has 1 aliphatic rings. The van der Waals surface area contributed by atoms with E-state index in [-0.39, 0.29) is 23.8 Å². The van der Waals surface area contributed by atoms with E-state index >= 15 is 0 Å². The van der Waals surface area contributed by atoms with E-state index in [2.05, 4.69) is 15.3 Å². The van der Waals surface area contributed by atoms with Crippen LogP contribution in [-0.2, 0) is 12.1 Å². The number of hydrogen-bond donors (Lipinski definition) is 2. The molecule has 4 rings (SSSR count). The third kappa shape index (κ3) is 3.78. The van der Waals surface area contributed by atoms with Crippen LogP contribution in [0.15, 0.2) is 65.6 Å². The molecule has 28 heavy (non-hydrogen) atoms. The van der Waals surface area contributed by atoms with Gasteiger partial charge in [0.2, 0.25) is 0 Å². The number of carbonyl (C=O) groups is 1. The van der Waals surface area contributed by atoms with Gasteiger partial charge in [-0.2, -0.15) is 0 Å². The van der Waals surface area contributed by atoms with Gasteiger partial charge in [-0.15, -0.1) is 0 Å². The van der Waals surface area contributed by atoms with Gasteiger partial charge in [0.1, 0.15) is 29.6 Å². The summed E-state index contributed by atoms with van der Waals surface area (Å²) in [5.41, 5.74) is 0.0358. The average molecular weight is 379 g/mol. The van der Waals surface area contributed by atoms with Gasteiger partial charge in [0, 0.05) is 6.20 Å². The molecule has 7 heteroatoms. The molecule has 1 heterocycles. The molecule has 6 nitrogen and oxygen atoms in total. The van der Waals surface area contributed by atoms with Gasteiger partial charge in [-0.1, -0.05) is 30.3 Å². The first-order valence-electron chi connectivity index (χ1n) is 8.90. The molecule has 0 aliphatic heterocycles. The Hall–Kier alpha value is -3.48. The van der Waals surface area contributed by atoms with Gasteiger partial charge in [0.15, 0.2) is 0 Å². The van der Waals surface area contributed by atoms with Crippen molar-refractivity contribution in [3.05, 3.63) is 93.9 Å². The predicted molar refractivity (Wildman–Crippen MR) is 100 cm³/mol. The van der Waals surface area contributed by atoms with Crippen LogP contribution >= 0.6 is 0 Å². The zero-order valence-corrected chi connectivity index (χ0v) is 14.9. The molecule has 0 radical (unpaired) electrons. The fourth-order valence-electron chi connectivity index (χ4n) is 3.00. The van der Waals surface area contributed by atoms with Crippen LogP contribution in [0.2, 0.25) is 0 Å². The Labute approximate surface area is 160 Å². The lowest BCUT2D eigenvalue weighted by Crippen LogP contribution is -2.38. The largest absolute Gasteiger partial charge is 0.486 e. The highest BCUT2D eigenvalue weighted by Gasteiger charge is 2.45. The fourth-order valence-corrected chi connectivity index (χ4v) is 3.00. The number of H-pyrrole nitrogens is 1. The van der Waals surface area contributed by atoms with Crippen molar-refractivity contribution < 1.29 is 13.9 Å². The van der Waals surface area contributed by atoms with Crippen LogP contribution < -0.4 is 15.6 Å². The summed E-state index contributed by atoms with van der Waals surface area (Å²) in [6, 6.07) is 15.2. The van der Waals surface area contributed by atoms with Crippen molar-refractivity contribution in [2.45, 2.75) is 25.0 Å². The fraction of sp³-hybridized carbons (Fsp3) is 0.190. The number of rotatable bonds is 6. The highest BCUT2D eigenvalue weighted by atomic mass is 19.1. The van der Waals surface area contributed by atoms with Crippen molar-refractivity contribution >= 4 is 5.91 Å². The quantitative estimate of drug-likeness (QED) is 0.690. The first-order valence-corrected chi connectivity index (χ1v) is 8.90. The zero-order valence-electron chi connectivity index (χ0n) is 14.9. The van der Waals surface area contributed by atoms with Gasteiger partial charge in [0.05, 0.1) is 5.54 Å². The molecule has 0 unspecified atom stereocenters. The van der Waals surface area contributed by atoms with Crippen LogP contribution in [0.1, 0.15) is 34.6 Å². The van der Waals surface area contributed by atoms with Crippen LogP contribution in [0, 0.1) is 5.82 Å². The summed E-state index contributed by atoms with van der Waals surface area (Å²) >= 11 is 0. The van der Waals surface area contributed by atoms with Crippen molar-refractivity contribution in [1.82, 2.24) is 15.3 Å². The predicted octanol–water partition coefficient (Wildman–Crippen LogP) is 2.91. The highest BCUT2D eigenvalue weighted by molar-refractivity contribution is 5.94. The van der Waals surface area contributed by atoms with Gasteiger partial charge < -0.3 is 15.0 Å². The average Bonchev–Trinajstić information content (AvgIpc) is 3.49. The third-order valence-corrected chi connectivity index (χ3v) is 4.71. The second kappa shape index (κ2) is 7.26. The Bertz CT molecular complexity index is 1040. The summed E-state index contributed by atoms with van der Waals surface area (Å²) in [4.78, 5) is 31.6. The molecule has 0 spiro atoms. The van der Waals surface area contributed by atoms with E-state index in [0.29, 0.717) is 5.75 Å². The molecule has 2 aromatic carbocycles. The number of hydrogen-bond acceptors (Lipinski definition) is 4. The van der Waals surface area contributed by atoms with Gasteiger partial charge in [-0.3, -0.25) is 9.59 Å². The molecule has 1 aliphatic carbocycles. The van der Waals surface area contributed by atoms with Crippen molar-refractivity contribution in [3.8, 4) is 5.75 Å². The summed E-state index contributed by atoms with van der Waals surface area (Å²) in [6.45, 7) is -0.00325. The SMILES string of the molecule is O=C(NC1(c2ccccc2)CC1)c1cnc(COc2ccc(F)cc2)[nH]c1=O. The first kappa shape index (κ1) is 17.9. The van der Waals surface area contributed by atoms with Crippen LogP contribution in [0.25, 0.3) is 0 Å². The summed E-state index contributed by atoms with van der Waals surface area (Å²) in [6.07, 6.45) is 2.91. The van der Waals surface area contributed by atoms with E-state index in [1.807, 2.05) is 30.3 Å². The van der Waals surface area contributed by atoms with Crippen molar-refractivity contribution in [2.75, 3.05) is 0 Å². The normalized spacial score (nSPS) is 14.3. The molecular formula is C21H18FN3O3. The number of aromatic nitrogens is 2. The second-order valence-corrected chi connectivity index (χ2v) is 6.72. The van der Waals surface area contributed by atoms with E-state index < -0.39 is 17.0 Å². The third-order valence-electron chi connectivity index (χ3n) is 4.71. The van der Waals surface area contributed by atoms with E-state index in [4.69, 9.17) is 4.74 Å².